The minimum absolute atomic E-state index is 0.168. The van der Waals surface area contributed by atoms with Crippen molar-refractivity contribution in [1.82, 2.24) is 4.90 Å². The molecule has 1 aromatic carbocycles. The van der Waals surface area contributed by atoms with Crippen molar-refractivity contribution in [2.45, 2.75) is 38.5 Å². The van der Waals surface area contributed by atoms with Gasteiger partial charge in [-0.15, -0.1) is 0 Å². The minimum Gasteiger partial charge on any atom is -0.379 e. The fraction of sp³-hybridized carbons (Fsp3) is 0.647. The summed E-state index contributed by atoms with van der Waals surface area (Å²) < 4.78 is 5.37. The SMILES string of the molecule is C[Si](C)(C)c1ccc(C(N)CCCN2CCOCC2)cc1. The van der Waals surface area contributed by atoms with E-state index < -0.39 is 8.07 Å². The Balaban J connectivity index is 1.78. The molecule has 0 aliphatic carbocycles. The maximum Gasteiger partial charge on any atom is 0.0775 e. The van der Waals surface area contributed by atoms with Crippen molar-refractivity contribution in [2.24, 2.45) is 5.73 Å². The van der Waals surface area contributed by atoms with Gasteiger partial charge >= 0.3 is 0 Å². The van der Waals surface area contributed by atoms with E-state index in [1.54, 1.807) is 0 Å². The van der Waals surface area contributed by atoms with Crippen molar-refractivity contribution in [3.63, 3.8) is 0 Å². The Morgan fingerprint density at radius 2 is 1.76 bits per heavy atom. The van der Waals surface area contributed by atoms with Crippen LogP contribution in [0.1, 0.15) is 24.4 Å². The van der Waals surface area contributed by atoms with E-state index in [0.717, 1.165) is 45.7 Å². The molecule has 0 amide bonds. The van der Waals surface area contributed by atoms with Crippen LogP contribution in [-0.2, 0) is 4.74 Å². The van der Waals surface area contributed by atoms with E-state index in [2.05, 4.69) is 48.8 Å². The molecule has 1 aromatic rings. The fourth-order valence-corrected chi connectivity index (χ4v) is 3.92. The van der Waals surface area contributed by atoms with Crippen LogP contribution in [0.5, 0.6) is 0 Å². The molecule has 0 saturated carbocycles. The first-order valence-corrected chi connectivity index (χ1v) is 11.6. The normalized spacial score (nSPS) is 18.7. The molecule has 3 nitrogen and oxygen atoms in total. The predicted molar refractivity (Wildman–Crippen MR) is 92.8 cm³/mol. The summed E-state index contributed by atoms with van der Waals surface area (Å²) in [6.45, 7) is 12.2. The van der Waals surface area contributed by atoms with Crippen molar-refractivity contribution in [1.29, 1.82) is 0 Å². The van der Waals surface area contributed by atoms with Crippen molar-refractivity contribution in [3.8, 4) is 0 Å². The zero-order valence-corrected chi connectivity index (χ0v) is 14.8. The highest BCUT2D eigenvalue weighted by molar-refractivity contribution is 6.88. The molecule has 1 saturated heterocycles. The quantitative estimate of drug-likeness (QED) is 0.820. The lowest BCUT2D eigenvalue weighted by Crippen LogP contribution is -2.37. The standard InChI is InChI=1S/C17H30N2OSi/c1-21(2,3)16-8-6-15(7-9-16)17(18)5-4-10-19-11-13-20-14-12-19/h6-9,17H,4-5,10-14,18H2,1-3H3. The Kier molecular flexibility index (Phi) is 5.99. The Bertz CT molecular complexity index is 421. The summed E-state index contributed by atoms with van der Waals surface area (Å²) in [7, 11) is -1.20. The van der Waals surface area contributed by atoms with Gasteiger partial charge in [-0.25, -0.2) is 0 Å². The summed E-state index contributed by atoms with van der Waals surface area (Å²) >= 11 is 0. The lowest BCUT2D eigenvalue weighted by molar-refractivity contribution is 0.0370. The number of morpholine rings is 1. The lowest BCUT2D eigenvalue weighted by Gasteiger charge is -2.27. The third-order valence-corrected chi connectivity index (χ3v) is 6.36. The molecule has 0 radical (unpaired) electrons. The molecule has 1 unspecified atom stereocenters. The average Bonchev–Trinajstić information content (AvgIpc) is 2.47. The van der Waals surface area contributed by atoms with Crippen LogP contribution in [0.25, 0.3) is 0 Å². The first-order valence-electron chi connectivity index (χ1n) is 8.13. The van der Waals surface area contributed by atoms with Crippen LogP contribution in [0.3, 0.4) is 0 Å². The van der Waals surface area contributed by atoms with Gasteiger partial charge in [-0.2, -0.15) is 0 Å². The number of ether oxygens (including phenoxy) is 1. The molecule has 0 aromatic heterocycles. The fourth-order valence-electron chi connectivity index (χ4n) is 2.76. The minimum atomic E-state index is -1.20. The summed E-state index contributed by atoms with van der Waals surface area (Å²) in [4.78, 5) is 2.48. The highest BCUT2D eigenvalue weighted by Gasteiger charge is 2.16. The number of rotatable bonds is 6. The molecule has 1 heterocycles. The summed E-state index contributed by atoms with van der Waals surface area (Å²) in [5, 5.41) is 1.51. The van der Waals surface area contributed by atoms with E-state index in [0.29, 0.717) is 0 Å². The first kappa shape index (κ1) is 16.7. The summed E-state index contributed by atoms with van der Waals surface area (Å²) in [5.74, 6) is 0. The predicted octanol–water partition coefficient (Wildman–Crippen LogP) is 2.34. The maximum absolute atomic E-state index is 6.34. The molecule has 2 N–H and O–H groups in total. The topological polar surface area (TPSA) is 38.5 Å². The number of hydrogen-bond acceptors (Lipinski definition) is 3. The second-order valence-corrected chi connectivity index (χ2v) is 12.2. The molecule has 1 fully saturated rings. The Labute approximate surface area is 130 Å². The van der Waals surface area contributed by atoms with Gasteiger partial charge < -0.3 is 10.5 Å². The molecule has 2 rings (SSSR count). The zero-order valence-electron chi connectivity index (χ0n) is 13.8. The van der Waals surface area contributed by atoms with Gasteiger partial charge in [-0.1, -0.05) is 49.1 Å². The highest BCUT2D eigenvalue weighted by atomic mass is 28.3. The highest BCUT2D eigenvalue weighted by Crippen LogP contribution is 2.16. The van der Waals surface area contributed by atoms with Gasteiger partial charge in [0.15, 0.2) is 0 Å². The van der Waals surface area contributed by atoms with Crippen LogP contribution in [-0.4, -0.2) is 45.8 Å². The molecule has 1 atom stereocenters. The van der Waals surface area contributed by atoms with E-state index in [4.69, 9.17) is 10.5 Å². The summed E-state index contributed by atoms with van der Waals surface area (Å²) in [5.41, 5.74) is 7.61. The molecule has 0 spiro atoms. The van der Waals surface area contributed by atoms with Gasteiger partial charge in [0.05, 0.1) is 21.3 Å². The maximum atomic E-state index is 6.34. The van der Waals surface area contributed by atoms with Crippen LogP contribution < -0.4 is 10.9 Å². The van der Waals surface area contributed by atoms with Crippen molar-refractivity contribution in [3.05, 3.63) is 29.8 Å². The number of nitrogens with zero attached hydrogens (tertiary/aromatic N) is 1. The smallest absolute Gasteiger partial charge is 0.0775 e. The summed E-state index contributed by atoms with van der Waals surface area (Å²) in [6, 6.07) is 9.19. The number of hydrogen-bond donors (Lipinski definition) is 1. The van der Waals surface area contributed by atoms with Crippen LogP contribution >= 0.6 is 0 Å². The number of benzene rings is 1. The molecule has 21 heavy (non-hydrogen) atoms. The zero-order chi connectivity index (χ0) is 15.3. The van der Waals surface area contributed by atoms with Crippen molar-refractivity contribution >= 4 is 13.3 Å². The molecule has 1 aliphatic rings. The van der Waals surface area contributed by atoms with E-state index >= 15 is 0 Å². The largest absolute Gasteiger partial charge is 0.379 e. The van der Waals surface area contributed by atoms with Gasteiger partial charge in [0, 0.05) is 19.1 Å². The third kappa shape index (κ3) is 5.22. The van der Waals surface area contributed by atoms with Gasteiger partial charge in [0.1, 0.15) is 0 Å². The van der Waals surface area contributed by atoms with Gasteiger partial charge in [0.2, 0.25) is 0 Å². The second kappa shape index (κ2) is 7.54. The van der Waals surface area contributed by atoms with Crippen molar-refractivity contribution in [2.75, 3.05) is 32.8 Å². The molecular weight excluding hydrogens is 276 g/mol. The Morgan fingerprint density at radius 1 is 1.14 bits per heavy atom. The van der Waals surface area contributed by atoms with E-state index in [1.165, 1.54) is 10.8 Å². The van der Waals surface area contributed by atoms with Crippen LogP contribution in [0.15, 0.2) is 24.3 Å². The van der Waals surface area contributed by atoms with Crippen LogP contribution in [0, 0.1) is 0 Å². The average molecular weight is 307 g/mol. The number of nitrogens with two attached hydrogens (primary N) is 1. The van der Waals surface area contributed by atoms with Crippen LogP contribution in [0.2, 0.25) is 19.6 Å². The molecule has 4 heteroatoms. The molecule has 0 bridgehead atoms. The molecule has 118 valence electrons. The molecular formula is C17H30N2OSi. The van der Waals surface area contributed by atoms with Gasteiger partial charge in [0.25, 0.3) is 0 Å². The van der Waals surface area contributed by atoms with Gasteiger partial charge in [-0.3, -0.25) is 4.90 Å². The summed E-state index contributed by atoms with van der Waals surface area (Å²) in [6.07, 6.45) is 2.22. The second-order valence-electron chi connectivity index (χ2n) is 7.07. The van der Waals surface area contributed by atoms with E-state index in [-0.39, 0.29) is 6.04 Å². The first-order chi connectivity index (χ1) is 9.97. The van der Waals surface area contributed by atoms with Crippen LogP contribution in [0.4, 0.5) is 0 Å². The monoisotopic (exact) mass is 306 g/mol. The Hall–Kier alpha value is -0.683. The molecule has 1 aliphatic heterocycles. The van der Waals surface area contributed by atoms with Crippen molar-refractivity contribution < 1.29 is 4.74 Å². The van der Waals surface area contributed by atoms with E-state index in [9.17, 15) is 0 Å². The lowest BCUT2D eigenvalue weighted by atomic mass is 10.0. The third-order valence-electron chi connectivity index (χ3n) is 4.30. The van der Waals surface area contributed by atoms with E-state index in [1.807, 2.05) is 0 Å². The Morgan fingerprint density at radius 3 is 2.33 bits per heavy atom. The van der Waals surface area contributed by atoms with Gasteiger partial charge in [-0.05, 0) is 24.9 Å².